The molecule has 0 aliphatic heterocycles. The van der Waals surface area contributed by atoms with E-state index in [0.717, 1.165) is 0 Å². The Morgan fingerprint density at radius 1 is 1.44 bits per heavy atom. The van der Waals surface area contributed by atoms with Crippen molar-refractivity contribution in [2.75, 3.05) is 12.4 Å². The molecule has 1 rings (SSSR count). The number of aliphatic imine (C=N–C) groups is 1. The average molecular weight is 243 g/mol. The second-order valence-electron chi connectivity index (χ2n) is 2.91. The Hall–Kier alpha value is -1.64. The first kappa shape index (κ1) is 12.4. The van der Waals surface area contributed by atoms with E-state index in [1.165, 1.54) is 19.2 Å². The van der Waals surface area contributed by atoms with Gasteiger partial charge in [-0.15, -0.1) is 0 Å². The maximum absolute atomic E-state index is 11.1. The fraction of sp³-hybridized carbons (Fsp3) is 0.125. The highest BCUT2D eigenvalue weighted by atomic mass is 32.2. The van der Waals surface area contributed by atoms with Crippen LogP contribution in [0.25, 0.3) is 0 Å². The molecule has 16 heavy (non-hydrogen) atoms. The number of anilines is 1. The van der Waals surface area contributed by atoms with Gasteiger partial charge >= 0.3 is 0 Å². The second-order valence-corrected chi connectivity index (χ2v) is 4.48. The second kappa shape index (κ2) is 4.92. The van der Waals surface area contributed by atoms with E-state index >= 15 is 0 Å². The number of guanidine groups is 1. The zero-order valence-electron chi connectivity index (χ0n) is 8.64. The molecule has 0 saturated carbocycles. The molecule has 88 valence electrons. The summed E-state index contributed by atoms with van der Waals surface area (Å²) in [6.07, 6.45) is 0. The minimum atomic E-state index is -3.71. The van der Waals surface area contributed by atoms with Crippen LogP contribution in [-0.4, -0.2) is 21.4 Å². The van der Waals surface area contributed by atoms with Crippen LogP contribution < -0.4 is 21.7 Å². The van der Waals surface area contributed by atoms with E-state index in [9.17, 15) is 8.42 Å². The van der Waals surface area contributed by atoms with Gasteiger partial charge < -0.3 is 5.32 Å². The first-order valence-electron chi connectivity index (χ1n) is 4.30. The van der Waals surface area contributed by atoms with Gasteiger partial charge in [-0.05, 0) is 18.2 Å². The van der Waals surface area contributed by atoms with Crippen LogP contribution in [-0.2, 0) is 10.0 Å². The third-order valence-corrected chi connectivity index (χ3v) is 2.70. The predicted molar refractivity (Wildman–Crippen MR) is 62.1 cm³/mol. The minimum absolute atomic E-state index is 0.0185. The number of sulfonamides is 1. The largest absolute Gasteiger partial charge is 0.325 e. The molecule has 0 aliphatic rings. The summed E-state index contributed by atoms with van der Waals surface area (Å²) in [5.41, 5.74) is 2.84. The minimum Gasteiger partial charge on any atom is -0.325 e. The summed E-state index contributed by atoms with van der Waals surface area (Å²) >= 11 is 0. The fourth-order valence-electron chi connectivity index (χ4n) is 1.04. The number of nitrogens with zero attached hydrogens (tertiary/aromatic N) is 1. The van der Waals surface area contributed by atoms with E-state index in [2.05, 4.69) is 15.7 Å². The molecule has 6 N–H and O–H groups in total. The van der Waals surface area contributed by atoms with Crippen molar-refractivity contribution in [3.63, 3.8) is 0 Å². The molecule has 0 radical (unpaired) electrons. The summed E-state index contributed by atoms with van der Waals surface area (Å²) < 4.78 is 22.2. The van der Waals surface area contributed by atoms with Gasteiger partial charge in [-0.25, -0.2) is 19.4 Å². The Bertz CT molecular complexity index is 497. The number of benzene rings is 1. The Morgan fingerprint density at radius 2 is 2.12 bits per heavy atom. The predicted octanol–water partition coefficient (Wildman–Crippen LogP) is -0.805. The van der Waals surface area contributed by atoms with Gasteiger partial charge in [0, 0.05) is 12.7 Å². The number of rotatable bonds is 2. The monoisotopic (exact) mass is 243 g/mol. The molecule has 7 nitrogen and oxygen atoms in total. The van der Waals surface area contributed by atoms with Crippen molar-refractivity contribution in [1.82, 2.24) is 5.43 Å². The Balaban J connectivity index is 3.00. The lowest BCUT2D eigenvalue weighted by molar-refractivity contribution is 0.598. The van der Waals surface area contributed by atoms with Crippen LogP contribution in [0.15, 0.2) is 34.2 Å². The molecule has 1 aromatic carbocycles. The van der Waals surface area contributed by atoms with Crippen molar-refractivity contribution in [3.8, 4) is 0 Å². The fourth-order valence-corrected chi connectivity index (χ4v) is 1.60. The van der Waals surface area contributed by atoms with E-state index in [0.29, 0.717) is 11.6 Å². The van der Waals surface area contributed by atoms with Crippen LogP contribution in [0, 0.1) is 0 Å². The Morgan fingerprint density at radius 3 is 2.62 bits per heavy atom. The molecule has 0 amide bonds. The zero-order chi connectivity index (χ0) is 12.2. The number of hydrogen-bond acceptors (Lipinski definition) is 4. The van der Waals surface area contributed by atoms with Crippen molar-refractivity contribution in [2.24, 2.45) is 16.0 Å². The van der Waals surface area contributed by atoms with Crippen LogP contribution in [0.4, 0.5) is 5.69 Å². The van der Waals surface area contributed by atoms with Crippen molar-refractivity contribution >= 4 is 21.7 Å². The SMILES string of the molecule is CN=C(NN)Nc1cccc(S(N)(=O)=O)c1. The van der Waals surface area contributed by atoms with Gasteiger partial charge in [0.2, 0.25) is 16.0 Å². The highest BCUT2D eigenvalue weighted by Crippen LogP contribution is 2.13. The van der Waals surface area contributed by atoms with Gasteiger partial charge in [0.25, 0.3) is 0 Å². The first-order valence-corrected chi connectivity index (χ1v) is 5.85. The lowest BCUT2D eigenvalue weighted by atomic mass is 10.3. The molecule has 0 heterocycles. The maximum Gasteiger partial charge on any atom is 0.238 e. The van der Waals surface area contributed by atoms with Crippen LogP contribution >= 0.6 is 0 Å². The number of nitrogens with one attached hydrogen (secondary N) is 2. The standard InChI is InChI=1S/C8H13N5O2S/c1-11-8(13-9)12-6-3-2-4-7(5-6)16(10,14)15/h2-5H,9H2,1H3,(H2,10,14,15)(H2,11,12,13). The molecule has 0 atom stereocenters. The van der Waals surface area contributed by atoms with Crippen molar-refractivity contribution in [3.05, 3.63) is 24.3 Å². The third-order valence-electron chi connectivity index (χ3n) is 1.79. The molecule has 0 saturated heterocycles. The molecule has 0 unspecified atom stereocenters. The molecule has 0 bridgehead atoms. The number of primary sulfonamides is 1. The summed E-state index contributed by atoms with van der Waals surface area (Å²) in [7, 11) is -2.17. The van der Waals surface area contributed by atoms with Crippen LogP contribution in [0.2, 0.25) is 0 Å². The van der Waals surface area contributed by atoms with Crippen LogP contribution in [0.3, 0.4) is 0 Å². The summed E-state index contributed by atoms with van der Waals surface area (Å²) in [5.74, 6) is 5.48. The van der Waals surface area contributed by atoms with E-state index in [4.69, 9.17) is 11.0 Å². The van der Waals surface area contributed by atoms with Gasteiger partial charge in [0.05, 0.1) is 4.90 Å². The maximum atomic E-state index is 11.1. The number of hydrogen-bond donors (Lipinski definition) is 4. The molecule has 0 aliphatic carbocycles. The van der Waals surface area contributed by atoms with E-state index < -0.39 is 10.0 Å². The molecule has 8 heteroatoms. The lowest BCUT2D eigenvalue weighted by Gasteiger charge is -2.08. The number of hydrazine groups is 1. The first-order chi connectivity index (χ1) is 7.47. The Labute approximate surface area is 93.6 Å². The lowest BCUT2D eigenvalue weighted by Crippen LogP contribution is -2.36. The normalized spacial score (nSPS) is 12.3. The summed E-state index contributed by atoms with van der Waals surface area (Å²) in [6.45, 7) is 0. The third kappa shape index (κ3) is 3.19. The molecule has 0 aromatic heterocycles. The number of nitrogens with two attached hydrogens (primary N) is 2. The van der Waals surface area contributed by atoms with Crippen molar-refractivity contribution < 1.29 is 8.42 Å². The van der Waals surface area contributed by atoms with Crippen molar-refractivity contribution in [2.45, 2.75) is 4.90 Å². The topological polar surface area (TPSA) is 123 Å². The highest BCUT2D eigenvalue weighted by molar-refractivity contribution is 7.89. The smallest absolute Gasteiger partial charge is 0.238 e. The molecule has 0 fully saturated rings. The molecular formula is C8H13N5O2S. The summed E-state index contributed by atoms with van der Waals surface area (Å²) in [4.78, 5) is 3.80. The molecule has 0 spiro atoms. The van der Waals surface area contributed by atoms with Gasteiger partial charge in [0.1, 0.15) is 0 Å². The van der Waals surface area contributed by atoms with Gasteiger partial charge in [-0.1, -0.05) is 6.07 Å². The zero-order valence-corrected chi connectivity index (χ0v) is 9.45. The summed E-state index contributed by atoms with van der Waals surface area (Å²) in [6, 6.07) is 6.01. The van der Waals surface area contributed by atoms with Gasteiger partial charge in [-0.2, -0.15) is 0 Å². The molecule has 1 aromatic rings. The van der Waals surface area contributed by atoms with E-state index in [1.54, 1.807) is 12.1 Å². The van der Waals surface area contributed by atoms with Gasteiger partial charge in [-0.3, -0.25) is 10.4 Å². The quantitative estimate of drug-likeness (QED) is 0.234. The molecular weight excluding hydrogens is 230 g/mol. The van der Waals surface area contributed by atoms with Crippen molar-refractivity contribution in [1.29, 1.82) is 0 Å². The highest BCUT2D eigenvalue weighted by Gasteiger charge is 2.08. The average Bonchev–Trinajstić information content (AvgIpc) is 2.25. The van der Waals surface area contributed by atoms with Crippen LogP contribution in [0.5, 0.6) is 0 Å². The van der Waals surface area contributed by atoms with E-state index in [-0.39, 0.29) is 4.90 Å². The van der Waals surface area contributed by atoms with E-state index in [1.807, 2.05) is 0 Å². The summed E-state index contributed by atoms with van der Waals surface area (Å²) in [5, 5.41) is 7.78. The Kier molecular flexibility index (Phi) is 3.82. The van der Waals surface area contributed by atoms with Gasteiger partial charge in [0.15, 0.2) is 0 Å². The van der Waals surface area contributed by atoms with Crippen LogP contribution in [0.1, 0.15) is 0 Å².